The van der Waals surface area contributed by atoms with Crippen LogP contribution in [0.5, 0.6) is 0 Å². The first kappa shape index (κ1) is 18.3. The van der Waals surface area contributed by atoms with Gasteiger partial charge < -0.3 is 10.1 Å². The Morgan fingerprint density at radius 3 is 2.38 bits per heavy atom. The van der Waals surface area contributed by atoms with Crippen LogP contribution in [0.2, 0.25) is 5.02 Å². The van der Waals surface area contributed by atoms with Crippen LogP contribution in [-0.4, -0.2) is 31.1 Å². The van der Waals surface area contributed by atoms with Crippen molar-refractivity contribution < 1.29 is 19.1 Å². The lowest BCUT2D eigenvalue weighted by Crippen LogP contribution is -2.42. The molecule has 0 spiro atoms. The summed E-state index contributed by atoms with van der Waals surface area (Å²) in [6, 6.07) is 6.53. The van der Waals surface area contributed by atoms with Crippen molar-refractivity contribution in [2.24, 2.45) is 0 Å². The van der Waals surface area contributed by atoms with E-state index in [1.165, 1.54) is 0 Å². The summed E-state index contributed by atoms with van der Waals surface area (Å²) in [4.78, 5) is 35.6. The Hall–Kier alpha value is -2.08. The number of hydrogen-bond acceptors (Lipinski definition) is 4. The van der Waals surface area contributed by atoms with Crippen molar-refractivity contribution in [1.29, 1.82) is 0 Å². The molecule has 1 fully saturated rings. The van der Waals surface area contributed by atoms with E-state index >= 15 is 0 Å². The number of imide groups is 1. The molecule has 0 heterocycles. The van der Waals surface area contributed by atoms with Gasteiger partial charge in [-0.3, -0.25) is 14.9 Å². The monoisotopic (exact) mass is 352 g/mol. The number of esters is 1. The molecule has 0 bridgehead atoms. The van der Waals surface area contributed by atoms with Gasteiger partial charge in [0, 0.05) is 11.6 Å². The smallest absolute Gasteiger partial charge is 0.321 e. The number of ether oxygens (including phenoxy) is 1. The van der Waals surface area contributed by atoms with Gasteiger partial charge in [-0.05, 0) is 37.5 Å². The van der Waals surface area contributed by atoms with Gasteiger partial charge in [-0.25, -0.2) is 4.79 Å². The molecular weight excluding hydrogens is 332 g/mol. The Bertz CT molecular complexity index is 610. The molecule has 1 aliphatic rings. The predicted octanol–water partition coefficient (Wildman–Crippen LogP) is 2.54. The van der Waals surface area contributed by atoms with E-state index in [0.29, 0.717) is 24.4 Å². The van der Waals surface area contributed by atoms with Crippen LogP contribution in [0.1, 0.15) is 38.2 Å². The molecule has 0 saturated heterocycles. The molecule has 0 aromatic heterocycles. The molecule has 2 N–H and O–H groups in total. The maximum Gasteiger partial charge on any atom is 0.321 e. The summed E-state index contributed by atoms with van der Waals surface area (Å²) in [6.07, 6.45) is 3.18. The van der Waals surface area contributed by atoms with Crippen LogP contribution in [-0.2, 0) is 19.7 Å². The van der Waals surface area contributed by atoms with Crippen LogP contribution in [0.3, 0.4) is 0 Å². The first-order valence-electron chi connectivity index (χ1n) is 7.99. The van der Waals surface area contributed by atoms with Gasteiger partial charge in [0.05, 0.1) is 5.41 Å². The third-order valence-corrected chi connectivity index (χ3v) is 4.42. The average molecular weight is 353 g/mol. The summed E-state index contributed by atoms with van der Waals surface area (Å²) >= 11 is 5.91. The summed E-state index contributed by atoms with van der Waals surface area (Å²) < 4.78 is 5.19. The molecule has 24 heavy (non-hydrogen) atoms. The van der Waals surface area contributed by atoms with Crippen LogP contribution < -0.4 is 10.6 Å². The second-order valence-electron chi connectivity index (χ2n) is 5.78. The van der Waals surface area contributed by atoms with E-state index in [9.17, 15) is 14.4 Å². The fourth-order valence-electron chi connectivity index (χ4n) is 2.99. The molecule has 1 aromatic rings. The van der Waals surface area contributed by atoms with Crippen molar-refractivity contribution in [2.75, 3.05) is 13.2 Å². The van der Waals surface area contributed by atoms with Gasteiger partial charge in [0.15, 0.2) is 6.61 Å². The van der Waals surface area contributed by atoms with Gasteiger partial charge in [0.25, 0.3) is 5.91 Å². The molecule has 0 aliphatic heterocycles. The summed E-state index contributed by atoms with van der Waals surface area (Å²) in [6.45, 7) is 1.66. The zero-order chi connectivity index (χ0) is 17.6. The zero-order valence-corrected chi connectivity index (χ0v) is 14.3. The lowest BCUT2D eigenvalue weighted by Gasteiger charge is -2.27. The van der Waals surface area contributed by atoms with Gasteiger partial charge in [0.1, 0.15) is 0 Å². The topological polar surface area (TPSA) is 84.5 Å². The number of carbonyl (C=O) groups is 3. The van der Waals surface area contributed by atoms with Gasteiger partial charge in [-0.2, -0.15) is 0 Å². The van der Waals surface area contributed by atoms with Gasteiger partial charge in [-0.1, -0.05) is 36.6 Å². The normalized spacial score (nSPS) is 15.6. The number of rotatable bonds is 5. The summed E-state index contributed by atoms with van der Waals surface area (Å²) in [5.41, 5.74) is 0.106. The first-order chi connectivity index (χ1) is 11.5. The SMILES string of the molecule is CCNC(=O)NC(=O)COC(=O)C1(c2ccc(Cl)cc2)CCCC1. The van der Waals surface area contributed by atoms with Crippen molar-refractivity contribution in [3.05, 3.63) is 34.9 Å². The van der Waals surface area contributed by atoms with Crippen LogP contribution in [0.4, 0.5) is 4.79 Å². The number of amides is 3. The molecule has 1 aliphatic carbocycles. The highest BCUT2D eigenvalue weighted by molar-refractivity contribution is 6.30. The van der Waals surface area contributed by atoms with Crippen molar-refractivity contribution >= 4 is 29.5 Å². The summed E-state index contributed by atoms with van der Waals surface area (Å²) in [7, 11) is 0. The maximum absolute atomic E-state index is 12.6. The highest BCUT2D eigenvalue weighted by Gasteiger charge is 2.44. The van der Waals surface area contributed by atoms with E-state index in [1.807, 2.05) is 12.1 Å². The molecule has 1 saturated carbocycles. The van der Waals surface area contributed by atoms with Crippen LogP contribution in [0.25, 0.3) is 0 Å². The van der Waals surface area contributed by atoms with Gasteiger partial charge in [-0.15, -0.1) is 0 Å². The molecule has 3 amide bonds. The third-order valence-electron chi connectivity index (χ3n) is 4.17. The summed E-state index contributed by atoms with van der Waals surface area (Å²) in [5.74, 6) is -1.09. The van der Waals surface area contributed by atoms with Crippen LogP contribution in [0.15, 0.2) is 24.3 Å². The molecule has 7 heteroatoms. The molecule has 6 nitrogen and oxygen atoms in total. The molecular formula is C17H21ClN2O4. The Balaban J connectivity index is 2.01. The Kier molecular flexibility index (Phi) is 6.20. The quantitative estimate of drug-likeness (QED) is 0.797. The molecule has 0 radical (unpaired) electrons. The minimum absolute atomic E-state index is 0.401. The second-order valence-corrected chi connectivity index (χ2v) is 6.22. The zero-order valence-electron chi connectivity index (χ0n) is 13.6. The number of benzene rings is 1. The van der Waals surface area contributed by atoms with Crippen LogP contribution >= 0.6 is 11.6 Å². The first-order valence-corrected chi connectivity index (χ1v) is 8.36. The van der Waals surface area contributed by atoms with E-state index in [2.05, 4.69) is 10.6 Å². The third kappa shape index (κ3) is 4.26. The molecule has 0 unspecified atom stereocenters. The molecule has 2 rings (SSSR count). The van der Waals surface area contributed by atoms with E-state index in [0.717, 1.165) is 18.4 Å². The fourth-order valence-corrected chi connectivity index (χ4v) is 3.12. The minimum atomic E-state index is -0.740. The fraction of sp³-hybridized carbons (Fsp3) is 0.471. The number of halogens is 1. The van der Waals surface area contributed by atoms with E-state index < -0.39 is 29.9 Å². The molecule has 0 atom stereocenters. The lowest BCUT2D eigenvalue weighted by molar-refractivity contribution is -0.154. The van der Waals surface area contributed by atoms with Crippen molar-refractivity contribution in [3.63, 3.8) is 0 Å². The van der Waals surface area contributed by atoms with E-state index in [1.54, 1.807) is 19.1 Å². The molecule has 130 valence electrons. The Morgan fingerprint density at radius 2 is 1.79 bits per heavy atom. The van der Waals surface area contributed by atoms with E-state index in [-0.39, 0.29) is 0 Å². The van der Waals surface area contributed by atoms with Gasteiger partial charge >= 0.3 is 12.0 Å². The van der Waals surface area contributed by atoms with E-state index in [4.69, 9.17) is 16.3 Å². The Labute approximate surface area is 145 Å². The summed E-state index contributed by atoms with van der Waals surface area (Å²) in [5, 5.41) is 5.14. The van der Waals surface area contributed by atoms with Crippen molar-refractivity contribution in [1.82, 2.24) is 10.6 Å². The second kappa shape index (κ2) is 8.15. The highest BCUT2D eigenvalue weighted by Crippen LogP contribution is 2.42. The average Bonchev–Trinajstić information content (AvgIpc) is 3.04. The Morgan fingerprint density at radius 1 is 1.17 bits per heavy atom. The van der Waals surface area contributed by atoms with Gasteiger partial charge in [0.2, 0.25) is 0 Å². The maximum atomic E-state index is 12.6. The number of carbonyl (C=O) groups excluding carboxylic acids is 3. The predicted molar refractivity (Wildman–Crippen MR) is 89.8 cm³/mol. The largest absolute Gasteiger partial charge is 0.455 e. The molecule has 1 aromatic carbocycles. The highest BCUT2D eigenvalue weighted by atomic mass is 35.5. The van der Waals surface area contributed by atoms with Crippen molar-refractivity contribution in [3.8, 4) is 0 Å². The number of hydrogen-bond donors (Lipinski definition) is 2. The lowest BCUT2D eigenvalue weighted by atomic mass is 9.79. The minimum Gasteiger partial charge on any atom is -0.455 e. The number of nitrogens with one attached hydrogen (secondary N) is 2. The number of urea groups is 1. The van der Waals surface area contributed by atoms with Crippen LogP contribution in [0, 0.1) is 0 Å². The van der Waals surface area contributed by atoms with Crippen molar-refractivity contribution in [2.45, 2.75) is 38.0 Å². The standard InChI is InChI=1S/C17H21ClN2O4/c1-2-19-16(23)20-14(21)11-24-15(22)17(9-3-4-10-17)12-5-7-13(18)8-6-12/h5-8H,2-4,9-11H2,1H3,(H2,19,20,21,23).